The number of anilines is 1. The summed E-state index contributed by atoms with van der Waals surface area (Å²) < 4.78 is 10.6. The van der Waals surface area contributed by atoms with Gasteiger partial charge in [0.15, 0.2) is 12.3 Å². The van der Waals surface area contributed by atoms with Crippen molar-refractivity contribution in [2.45, 2.75) is 26.2 Å². The van der Waals surface area contributed by atoms with Gasteiger partial charge in [-0.1, -0.05) is 18.2 Å². The van der Waals surface area contributed by atoms with Gasteiger partial charge in [0.1, 0.15) is 10.8 Å². The number of nitrogens with one attached hydrogen (secondary N) is 1. The maximum Gasteiger partial charge on any atom is 0.361 e. The zero-order chi connectivity index (χ0) is 21.3. The lowest BCUT2D eigenvalue weighted by molar-refractivity contribution is -0.119. The van der Waals surface area contributed by atoms with Gasteiger partial charge >= 0.3 is 5.97 Å². The molecular formula is C21H19N3O5S. The van der Waals surface area contributed by atoms with E-state index in [1.54, 1.807) is 6.92 Å². The van der Waals surface area contributed by atoms with Crippen LogP contribution < -0.4 is 11.1 Å². The fraction of sp³-hybridized carbons (Fsp3) is 0.238. The summed E-state index contributed by atoms with van der Waals surface area (Å²) in [5.41, 5.74) is 7.48. The molecule has 0 bridgehead atoms. The van der Waals surface area contributed by atoms with E-state index in [0.717, 1.165) is 35.3 Å². The van der Waals surface area contributed by atoms with E-state index in [4.69, 9.17) is 14.9 Å². The van der Waals surface area contributed by atoms with Crippen LogP contribution in [0.3, 0.4) is 0 Å². The number of ether oxygens (including phenoxy) is 1. The number of nitrogens with two attached hydrogens (primary N) is 1. The fourth-order valence-corrected chi connectivity index (χ4v) is 4.72. The maximum absolute atomic E-state index is 12.4. The van der Waals surface area contributed by atoms with Crippen molar-refractivity contribution >= 4 is 34.1 Å². The highest BCUT2D eigenvalue weighted by atomic mass is 32.1. The predicted octanol–water partition coefficient (Wildman–Crippen LogP) is 3.09. The van der Waals surface area contributed by atoms with Crippen LogP contribution in [0.25, 0.3) is 11.5 Å². The summed E-state index contributed by atoms with van der Waals surface area (Å²) in [4.78, 5) is 41.7. The number of esters is 1. The van der Waals surface area contributed by atoms with Gasteiger partial charge in [-0.3, -0.25) is 9.59 Å². The van der Waals surface area contributed by atoms with E-state index >= 15 is 0 Å². The SMILES string of the molecule is Cc1oc(-c2ccccc2)nc1C(=O)OCC(=O)Nc1sc2c(c1C(N)=O)CCC2. The number of primary amides is 1. The third kappa shape index (κ3) is 3.84. The number of amides is 2. The molecule has 0 radical (unpaired) electrons. The number of oxazole rings is 1. The first-order chi connectivity index (χ1) is 14.4. The molecule has 0 aliphatic heterocycles. The van der Waals surface area contributed by atoms with Gasteiger partial charge < -0.3 is 20.2 Å². The Hall–Kier alpha value is -3.46. The molecule has 2 amide bonds. The number of carbonyl (C=O) groups excluding carboxylic acids is 3. The van der Waals surface area contributed by atoms with E-state index in [0.29, 0.717) is 22.2 Å². The van der Waals surface area contributed by atoms with Gasteiger partial charge in [-0.15, -0.1) is 11.3 Å². The van der Waals surface area contributed by atoms with Crippen molar-refractivity contribution in [1.82, 2.24) is 4.98 Å². The number of nitrogens with zero attached hydrogens (tertiary/aromatic N) is 1. The minimum absolute atomic E-state index is 0.00887. The Morgan fingerprint density at radius 3 is 2.73 bits per heavy atom. The van der Waals surface area contributed by atoms with Crippen molar-refractivity contribution in [2.75, 3.05) is 11.9 Å². The average molecular weight is 425 g/mol. The van der Waals surface area contributed by atoms with Gasteiger partial charge in [-0.05, 0) is 43.9 Å². The summed E-state index contributed by atoms with van der Waals surface area (Å²) in [5.74, 6) is -1.31. The summed E-state index contributed by atoms with van der Waals surface area (Å²) in [6.07, 6.45) is 2.60. The van der Waals surface area contributed by atoms with Crippen molar-refractivity contribution in [2.24, 2.45) is 5.73 Å². The first-order valence-corrected chi connectivity index (χ1v) is 10.2. The fourth-order valence-electron chi connectivity index (χ4n) is 3.41. The molecule has 0 atom stereocenters. The highest BCUT2D eigenvalue weighted by Crippen LogP contribution is 2.38. The molecule has 3 N–H and O–H groups in total. The topological polar surface area (TPSA) is 125 Å². The Bertz CT molecular complexity index is 1130. The lowest BCUT2D eigenvalue weighted by atomic mass is 10.1. The molecule has 9 heteroatoms. The molecule has 1 aliphatic carbocycles. The van der Waals surface area contributed by atoms with Crippen LogP contribution in [-0.2, 0) is 22.4 Å². The number of aromatic nitrogens is 1. The van der Waals surface area contributed by atoms with Gasteiger partial charge in [0.2, 0.25) is 5.89 Å². The van der Waals surface area contributed by atoms with Crippen LogP contribution >= 0.6 is 11.3 Å². The van der Waals surface area contributed by atoms with Gasteiger partial charge in [-0.2, -0.15) is 0 Å². The van der Waals surface area contributed by atoms with Gasteiger partial charge in [0, 0.05) is 10.4 Å². The summed E-state index contributed by atoms with van der Waals surface area (Å²) in [6.45, 7) is 1.08. The van der Waals surface area contributed by atoms with E-state index in [-0.39, 0.29) is 5.69 Å². The summed E-state index contributed by atoms with van der Waals surface area (Å²) in [7, 11) is 0. The Kier molecular flexibility index (Phi) is 5.37. The molecule has 4 rings (SSSR count). The second-order valence-electron chi connectivity index (χ2n) is 6.84. The third-order valence-electron chi connectivity index (χ3n) is 4.77. The molecule has 2 heterocycles. The van der Waals surface area contributed by atoms with Crippen molar-refractivity contribution in [3.8, 4) is 11.5 Å². The van der Waals surface area contributed by atoms with Crippen LogP contribution in [-0.4, -0.2) is 29.4 Å². The highest BCUT2D eigenvalue weighted by molar-refractivity contribution is 7.17. The Morgan fingerprint density at radius 2 is 2.00 bits per heavy atom. The molecule has 8 nitrogen and oxygen atoms in total. The van der Waals surface area contributed by atoms with Crippen molar-refractivity contribution in [1.29, 1.82) is 0 Å². The molecule has 30 heavy (non-hydrogen) atoms. The molecule has 0 unspecified atom stereocenters. The molecule has 1 aromatic carbocycles. The van der Waals surface area contributed by atoms with E-state index in [9.17, 15) is 14.4 Å². The third-order valence-corrected chi connectivity index (χ3v) is 5.97. The number of hydrogen-bond acceptors (Lipinski definition) is 7. The molecule has 3 aromatic rings. The normalized spacial score (nSPS) is 12.4. The van der Waals surface area contributed by atoms with Gasteiger partial charge in [0.05, 0.1) is 5.56 Å². The standard InChI is InChI=1S/C21H19N3O5S/c1-11-17(24-19(29-11)12-6-3-2-4-7-12)21(27)28-10-15(25)23-20-16(18(22)26)13-8-5-9-14(13)30-20/h2-4,6-7H,5,8-10H2,1H3,(H2,22,26)(H,23,25). The molecule has 0 spiro atoms. The van der Waals surface area contributed by atoms with E-state index in [1.165, 1.54) is 11.3 Å². The van der Waals surface area contributed by atoms with Crippen LogP contribution in [0.15, 0.2) is 34.7 Å². The van der Waals surface area contributed by atoms with Crippen LogP contribution in [0.5, 0.6) is 0 Å². The van der Waals surface area contributed by atoms with Crippen LogP contribution in [0.1, 0.15) is 43.5 Å². The first-order valence-electron chi connectivity index (χ1n) is 9.38. The molecule has 154 valence electrons. The molecule has 2 aromatic heterocycles. The van der Waals surface area contributed by atoms with Crippen LogP contribution in [0.2, 0.25) is 0 Å². The smallest absolute Gasteiger partial charge is 0.361 e. The average Bonchev–Trinajstić information content (AvgIpc) is 3.41. The van der Waals surface area contributed by atoms with Crippen molar-refractivity contribution in [3.63, 3.8) is 0 Å². The second kappa shape index (κ2) is 8.11. The zero-order valence-corrected chi connectivity index (χ0v) is 17.0. The van der Waals surface area contributed by atoms with E-state index < -0.39 is 24.4 Å². The lowest BCUT2D eigenvalue weighted by Crippen LogP contribution is -2.23. The highest BCUT2D eigenvalue weighted by Gasteiger charge is 2.26. The maximum atomic E-state index is 12.4. The van der Waals surface area contributed by atoms with Crippen molar-refractivity contribution in [3.05, 3.63) is 57.8 Å². The largest absolute Gasteiger partial charge is 0.451 e. The number of fused-ring (bicyclic) bond motifs is 1. The quantitative estimate of drug-likeness (QED) is 0.585. The first kappa shape index (κ1) is 19.8. The van der Waals surface area contributed by atoms with Crippen LogP contribution in [0.4, 0.5) is 5.00 Å². The number of aryl methyl sites for hydroxylation is 2. The lowest BCUT2D eigenvalue weighted by Gasteiger charge is -2.06. The molecule has 0 saturated carbocycles. The molecule has 1 aliphatic rings. The number of benzene rings is 1. The van der Waals surface area contributed by atoms with Crippen LogP contribution in [0, 0.1) is 6.92 Å². The minimum atomic E-state index is -0.766. The summed E-state index contributed by atoms with van der Waals surface area (Å²) >= 11 is 1.34. The van der Waals surface area contributed by atoms with Gasteiger partial charge in [0.25, 0.3) is 11.8 Å². The van der Waals surface area contributed by atoms with E-state index in [2.05, 4.69) is 10.3 Å². The molecular weight excluding hydrogens is 406 g/mol. The number of rotatable bonds is 6. The Morgan fingerprint density at radius 1 is 1.23 bits per heavy atom. The number of carbonyl (C=O) groups is 3. The van der Waals surface area contributed by atoms with Crippen molar-refractivity contribution < 1.29 is 23.5 Å². The molecule has 0 fully saturated rings. The Labute approximate surface area is 176 Å². The van der Waals surface area contributed by atoms with E-state index in [1.807, 2.05) is 30.3 Å². The number of thiophene rings is 1. The van der Waals surface area contributed by atoms with Gasteiger partial charge in [-0.25, -0.2) is 9.78 Å². The monoisotopic (exact) mass is 425 g/mol. The predicted molar refractivity (Wildman–Crippen MR) is 110 cm³/mol. The zero-order valence-electron chi connectivity index (χ0n) is 16.2. The minimum Gasteiger partial charge on any atom is -0.451 e. The second-order valence-corrected chi connectivity index (χ2v) is 7.95. The summed E-state index contributed by atoms with van der Waals surface area (Å²) in [6, 6.07) is 9.14. The summed E-state index contributed by atoms with van der Waals surface area (Å²) in [5, 5.41) is 3.03. The Balaban J connectivity index is 1.41. The number of hydrogen-bond donors (Lipinski definition) is 2. The molecule has 0 saturated heterocycles.